The molecule has 1 unspecified atom stereocenters. The second kappa shape index (κ2) is 3.02. The molecule has 2 aromatic heterocycles. The average Bonchev–Trinajstić information content (AvgIpc) is 2.72. The molecule has 0 radical (unpaired) electrons. The van der Waals surface area contributed by atoms with Crippen molar-refractivity contribution in [3.63, 3.8) is 0 Å². The predicted molar refractivity (Wildman–Crippen MR) is 45.9 cm³/mol. The van der Waals surface area contributed by atoms with E-state index in [1.807, 2.05) is 7.05 Å². The average molecular weight is 178 g/mol. The Morgan fingerprint density at radius 2 is 2.31 bits per heavy atom. The van der Waals surface area contributed by atoms with Crippen LogP contribution in [-0.4, -0.2) is 24.6 Å². The number of aliphatic hydroxyl groups is 1. The van der Waals surface area contributed by atoms with Crippen molar-refractivity contribution < 1.29 is 5.11 Å². The molecule has 0 fully saturated rings. The summed E-state index contributed by atoms with van der Waals surface area (Å²) in [6.07, 6.45) is 5.90. The van der Waals surface area contributed by atoms with Crippen LogP contribution in [0.4, 0.5) is 0 Å². The van der Waals surface area contributed by atoms with Gasteiger partial charge in [-0.3, -0.25) is 0 Å². The minimum atomic E-state index is -0.782. The molecule has 68 valence electrons. The molecule has 0 saturated carbocycles. The van der Waals surface area contributed by atoms with Crippen molar-refractivity contribution in [3.8, 4) is 0 Å². The minimum absolute atomic E-state index is 0.509. The Morgan fingerprint density at radius 3 is 2.85 bits per heavy atom. The van der Waals surface area contributed by atoms with Gasteiger partial charge in [-0.2, -0.15) is 0 Å². The number of aryl methyl sites for hydroxylation is 1. The third kappa shape index (κ3) is 1.33. The van der Waals surface area contributed by atoms with Gasteiger partial charge in [-0.05, 0) is 0 Å². The molecular formula is C8H10N4O. The molecule has 0 amide bonds. The van der Waals surface area contributed by atoms with Crippen LogP contribution in [0, 0.1) is 0 Å². The second-order valence-electron chi connectivity index (χ2n) is 2.77. The van der Waals surface area contributed by atoms with E-state index in [1.54, 1.807) is 29.4 Å². The molecule has 0 bridgehead atoms. The Hall–Kier alpha value is -1.62. The fourth-order valence-electron chi connectivity index (χ4n) is 1.19. The highest BCUT2D eigenvalue weighted by Gasteiger charge is 2.16. The van der Waals surface area contributed by atoms with Crippen molar-refractivity contribution in [2.75, 3.05) is 0 Å². The predicted octanol–water partition coefficient (Wildman–Crippen LogP) is 0.225. The zero-order valence-corrected chi connectivity index (χ0v) is 7.18. The van der Waals surface area contributed by atoms with Gasteiger partial charge in [0, 0.05) is 31.8 Å². The number of rotatable bonds is 2. The number of aromatic amines is 1. The molecular weight excluding hydrogens is 168 g/mol. The highest BCUT2D eigenvalue weighted by Crippen LogP contribution is 2.15. The summed E-state index contributed by atoms with van der Waals surface area (Å²) in [7, 11) is 1.83. The van der Waals surface area contributed by atoms with Gasteiger partial charge in [-0.1, -0.05) is 0 Å². The normalized spacial score (nSPS) is 13.1. The summed E-state index contributed by atoms with van der Waals surface area (Å²) in [5.74, 6) is 1.09. The molecule has 2 rings (SSSR count). The van der Waals surface area contributed by atoms with Crippen LogP contribution in [0.15, 0.2) is 24.8 Å². The first-order valence-electron chi connectivity index (χ1n) is 3.93. The van der Waals surface area contributed by atoms with Crippen LogP contribution in [0.2, 0.25) is 0 Å². The third-order valence-electron chi connectivity index (χ3n) is 1.88. The molecule has 2 aromatic rings. The fourth-order valence-corrected chi connectivity index (χ4v) is 1.19. The van der Waals surface area contributed by atoms with E-state index in [-0.39, 0.29) is 0 Å². The van der Waals surface area contributed by atoms with Gasteiger partial charge in [-0.15, -0.1) is 0 Å². The zero-order chi connectivity index (χ0) is 9.26. The smallest absolute Gasteiger partial charge is 0.169 e. The van der Waals surface area contributed by atoms with E-state index in [1.165, 1.54) is 0 Å². The Labute approximate surface area is 75.1 Å². The van der Waals surface area contributed by atoms with Crippen molar-refractivity contribution in [3.05, 3.63) is 36.4 Å². The quantitative estimate of drug-likeness (QED) is 0.691. The molecule has 2 N–H and O–H groups in total. The van der Waals surface area contributed by atoms with Crippen LogP contribution >= 0.6 is 0 Å². The molecule has 5 heteroatoms. The number of aromatic nitrogens is 4. The summed E-state index contributed by atoms with van der Waals surface area (Å²) >= 11 is 0. The SMILES string of the molecule is Cn1ccnc1C(O)c1ncc[nH]1. The molecule has 0 saturated heterocycles. The first-order chi connectivity index (χ1) is 6.29. The Morgan fingerprint density at radius 1 is 1.46 bits per heavy atom. The van der Waals surface area contributed by atoms with E-state index in [9.17, 15) is 5.11 Å². The molecule has 0 aliphatic carbocycles. The van der Waals surface area contributed by atoms with Crippen LogP contribution in [0.5, 0.6) is 0 Å². The van der Waals surface area contributed by atoms with Crippen LogP contribution in [-0.2, 0) is 7.05 Å². The van der Waals surface area contributed by atoms with Crippen molar-refractivity contribution in [1.82, 2.24) is 19.5 Å². The van der Waals surface area contributed by atoms with E-state index in [4.69, 9.17) is 0 Å². The summed E-state index contributed by atoms with van der Waals surface area (Å²) in [5.41, 5.74) is 0. The lowest BCUT2D eigenvalue weighted by Gasteiger charge is -2.06. The number of H-pyrrole nitrogens is 1. The molecule has 0 aliphatic rings. The Bertz CT molecular complexity index is 379. The first kappa shape index (κ1) is 8.00. The largest absolute Gasteiger partial charge is 0.377 e. The minimum Gasteiger partial charge on any atom is -0.377 e. The molecule has 0 spiro atoms. The maximum absolute atomic E-state index is 9.77. The summed E-state index contributed by atoms with van der Waals surface area (Å²) in [4.78, 5) is 10.8. The van der Waals surface area contributed by atoms with Crippen LogP contribution in [0.25, 0.3) is 0 Å². The lowest BCUT2D eigenvalue weighted by Crippen LogP contribution is -2.08. The van der Waals surface area contributed by atoms with Gasteiger partial charge in [-0.25, -0.2) is 9.97 Å². The van der Waals surface area contributed by atoms with Gasteiger partial charge in [0.2, 0.25) is 0 Å². The van der Waals surface area contributed by atoms with Gasteiger partial charge in [0.25, 0.3) is 0 Å². The summed E-state index contributed by atoms with van der Waals surface area (Å²) in [6.45, 7) is 0. The lowest BCUT2D eigenvalue weighted by molar-refractivity contribution is 0.197. The topological polar surface area (TPSA) is 66.7 Å². The lowest BCUT2D eigenvalue weighted by atomic mass is 10.3. The monoisotopic (exact) mass is 178 g/mol. The number of hydrogen-bond acceptors (Lipinski definition) is 3. The van der Waals surface area contributed by atoms with Crippen LogP contribution in [0.3, 0.4) is 0 Å². The van der Waals surface area contributed by atoms with E-state index in [2.05, 4.69) is 15.0 Å². The van der Waals surface area contributed by atoms with E-state index < -0.39 is 6.10 Å². The fraction of sp³-hybridized carbons (Fsp3) is 0.250. The molecule has 5 nitrogen and oxygen atoms in total. The molecule has 2 heterocycles. The van der Waals surface area contributed by atoms with E-state index in [0.717, 1.165) is 0 Å². The Balaban J connectivity index is 2.33. The Kier molecular flexibility index (Phi) is 1.86. The summed E-state index contributed by atoms with van der Waals surface area (Å²) in [5, 5.41) is 9.77. The van der Waals surface area contributed by atoms with Gasteiger partial charge in [0.1, 0.15) is 11.6 Å². The number of nitrogens with zero attached hydrogens (tertiary/aromatic N) is 3. The van der Waals surface area contributed by atoms with E-state index in [0.29, 0.717) is 11.6 Å². The maximum Gasteiger partial charge on any atom is 0.169 e. The number of aliphatic hydroxyl groups excluding tert-OH is 1. The van der Waals surface area contributed by atoms with Gasteiger partial charge >= 0.3 is 0 Å². The summed E-state index contributed by atoms with van der Waals surface area (Å²) in [6, 6.07) is 0. The second-order valence-corrected chi connectivity index (χ2v) is 2.77. The number of imidazole rings is 2. The van der Waals surface area contributed by atoms with Crippen LogP contribution in [0.1, 0.15) is 17.8 Å². The van der Waals surface area contributed by atoms with Gasteiger partial charge in [0.15, 0.2) is 6.10 Å². The standard InChI is InChI=1S/C8H10N4O/c1-12-5-4-11-8(12)6(13)7-9-2-3-10-7/h2-6,13H,1H3,(H,9,10). The maximum atomic E-state index is 9.77. The highest BCUT2D eigenvalue weighted by molar-refractivity contribution is 5.07. The van der Waals surface area contributed by atoms with Crippen molar-refractivity contribution >= 4 is 0 Å². The molecule has 13 heavy (non-hydrogen) atoms. The van der Waals surface area contributed by atoms with E-state index >= 15 is 0 Å². The van der Waals surface area contributed by atoms with Crippen molar-refractivity contribution in [2.45, 2.75) is 6.10 Å². The van der Waals surface area contributed by atoms with Gasteiger partial charge < -0.3 is 14.7 Å². The van der Waals surface area contributed by atoms with Crippen molar-refractivity contribution in [1.29, 1.82) is 0 Å². The first-order valence-corrected chi connectivity index (χ1v) is 3.93. The van der Waals surface area contributed by atoms with Gasteiger partial charge in [0.05, 0.1) is 0 Å². The number of nitrogens with one attached hydrogen (secondary N) is 1. The molecule has 1 atom stereocenters. The number of hydrogen-bond donors (Lipinski definition) is 2. The molecule has 0 aromatic carbocycles. The van der Waals surface area contributed by atoms with Crippen LogP contribution < -0.4 is 0 Å². The summed E-state index contributed by atoms with van der Waals surface area (Å²) < 4.78 is 1.76. The van der Waals surface area contributed by atoms with Crippen molar-refractivity contribution in [2.24, 2.45) is 7.05 Å². The zero-order valence-electron chi connectivity index (χ0n) is 7.18. The third-order valence-corrected chi connectivity index (χ3v) is 1.88. The highest BCUT2D eigenvalue weighted by atomic mass is 16.3. The molecule has 0 aliphatic heterocycles.